The van der Waals surface area contributed by atoms with Crippen molar-refractivity contribution < 1.29 is 18.5 Å². The monoisotopic (exact) mass is 597 g/mol. The number of anilines is 1. The zero-order valence-corrected chi connectivity index (χ0v) is 27.3. The lowest BCUT2D eigenvalue weighted by Gasteiger charge is -2.31. The van der Waals surface area contributed by atoms with E-state index in [1.807, 2.05) is 51.9 Å². The number of benzene rings is 2. The van der Waals surface area contributed by atoms with Crippen LogP contribution in [0.2, 0.25) is 0 Å². The maximum atomic E-state index is 13.3. The number of amides is 3. The van der Waals surface area contributed by atoms with Crippen molar-refractivity contribution in [3.05, 3.63) is 64.7 Å². The van der Waals surface area contributed by atoms with Crippen LogP contribution in [-0.2, 0) is 21.2 Å². The highest BCUT2D eigenvalue weighted by atomic mass is 32.2. The van der Waals surface area contributed by atoms with E-state index in [1.165, 1.54) is 0 Å². The zero-order chi connectivity index (χ0) is 31.4. The van der Waals surface area contributed by atoms with Crippen molar-refractivity contribution in [3.8, 4) is 0 Å². The molecular formula is C32H47N5O4S. The van der Waals surface area contributed by atoms with E-state index >= 15 is 0 Å². The molecule has 1 aliphatic heterocycles. The topological polar surface area (TPSA) is 117 Å². The first-order valence-corrected chi connectivity index (χ1v) is 16.0. The van der Waals surface area contributed by atoms with E-state index in [2.05, 4.69) is 55.6 Å². The summed E-state index contributed by atoms with van der Waals surface area (Å²) >= 11 is 0. The summed E-state index contributed by atoms with van der Waals surface area (Å²) in [6, 6.07) is 10.3. The predicted octanol–water partition coefficient (Wildman–Crippen LogP) is 6.95. The lowest BCUT2D eigenvalue weighted by molar-refractivity contribution is 0.0273. The Morgan fingerprint density at radius 2 is 1.64 bits per heavy atom. The summed E-state index contributed by atoms with van der Waals surface area (Å²) in [5.74, 6) is 0.130. The van der Waals surface area contributed by atoms with Gasteiger partial charge in [0.1, 0.15) is 15.5 Å². The molecule has 3 amide bonds. The second kappa shape index (κ2) is 13.4. The van der Waals surface area contributed by atoms with Gasteiger partial charge in [0.25, 0.3) is 0 Å². The highest BCUT2D eigenvalue weighted by Gasteiger charge is 2.26. The number of hydrogen-bond donors (Lipinski definition) is 2. The van der Waals surface area contributed by atoms with Gasteiger partial charge in [0.15, 0.2) is 0 Å². The molecule has 0 radical (unpaired) electrons. The van der Waals surface area contributed by atoms with E-state index in [4.69, 9.17) is 9.88 Å². The molecule has 1 unspecified atom stereocenters. The molecular weight excluding hydrogens is 550 g/mol. The molecule has 3 rings (SSSR count). The van der Waals surface area contributed by atoms with Gasteiger partial charge >= 0.3 is 12.1 Å². The quantitative estimate of drug-likeness (QED) is 0.358. The van der Waals surface area contributed by atoms with Crippen LogP contribution in [0.5, 0.6) is 0 Å². The Morgan fingerprint density at radius 1 is 1.07 bits per heavy atom. The smallest absolute Gasteiger partial charge is 0.410 e. The molecule has 2 aromatic carbocycles. The molecule has 0 aliphatic carbocycles. The average Bonchev–Trinajstić information content (AvgIpc) is 2.87. The first-order valence-electron chi connectivity index (χ1n) is 14.4. The van der Waals surface area contributed by atoms with Crippen LogP contribution in [0.1, 0.15) is 89.0 Å². The first-order chi connectivity index (χ1) is 19.5. The number of urea groups is 1. The molecule has 10 heteroatoms. The molecule has 9 nitrogen and oxygen atoms in total. The lowest BCUT2D eigenvalue weighted by Crippen LogP contribution is -2.39. The zero-order valence-electron chi connectivity index (χ0n) is 26.5. The van der Waals surface area contributed by atoms with E-state index in [0.717, 1.165) is 40.8 Å². The fraction of sp³-hybridized carbons (Fsp3) is 0.500. The second-order valence-electron chi connectivity index (χ2n) is 12.7. The third-order valence-corrected chi connectivity index (χ3v) is 8.21. The molecule has 2 aromatic rings. The van der Waals surface area contributed by atoms with E-state index < -0.39 is 21.5 Å². The van der Waals surface area contributed by atoms with Gasteiger partial charge < -0.3 is 19.9 Å². The fourth-order valence-corrected chi connectivity index (χ4v) is 5.75. The Labute approximate surface area is 251 Å². The van der Waals surface area contributed by atoms with Gasteiger partial charge in [-0.15, -0.1) is 4.36 Å². The van der Waals surface area contributed by atoms with Crippen molar-refractivity contribution in [3.63, 3.8) is 0 Å². The molecule has 0 saturated heterocycles. The number of nitrogens with zero attached hydrogens (tertiary/aromatic N) is 3. The maximum absolute atomic E-state index is 13.3. The number of hydrogen-bond acceptors (Lipinski definition) is 5. The van der Waals surface area contributed by atoms with Crippen LogP contribution < -0.4 is 10.5 Å². The van der Waals surface area contributed by atoms with E-state index in [1.54, 1.807) is 17.0 Å². The summed E-state index contributed by atoms with van der Waals surface area (Å²) < 4.78 is 22.8. The minimum Gasteiger partial charge on any atom is -0.444 e. The number of carbonyl (C=O) groups is 2. The van der Waals surface area contributed by atoms with Crippen molar-refractivity contribution >= 4 is 33.3 Å². The Kier molecular flexibility index (Phi) is 10.6. The van der Waals surface area contributed by atoms with E-state index in [9.17, 15) is 13.8 Å². The Hall–Kier alpha value is -3.21. The summed E-state index contributed by atoms with van der Waals surface area (Å²) in [5.41, 5.74) is 4.98. The van der Waals surface area contributed by atoms with Crippen LogP contribution in [0.25, 0.3) is 5.57 Å². The maximum Gasteiger partial charge on any atom is 0.410 e. The minimum atomic E-state index is -3.45. The molecule has 1 aliphatic rings. The number of nitrogens with two attached hydrogens (primary N) is 1. The summed E-state index contributed by atoms with van der Waals surface area (Å²) in [4.78, 5) is 30.0. The van der Waals surface area contributed by atoms with Gasteiger partial charge in [-0.3, -0.25) is 0 Å². The highest BCUT2D eigenvalue weighted by Crippen LogP contribution is 2.37. The van der Waals surface area contributed by atoms with Crippen molar-refractivity contribution in [2.75, 3.05) is 32.5 Å². The molecule has 42 heavy (non-hydrogen) atoms. The lowest BCUT2D eigenvalue weighted by atomic mass is 9.87. The molecule has 0 aromatic heterocycles. The number of nitrogens with one attached hydrogen (secondary N) is 1. The summed E-state index contributed by atoms with van der Waals surface area (Å²) in [6.45, 7) is 15.6. The number of ether oxygens (including phenoxy) is 1. The third kappa shape index (κ3) is 8.89. The Balaban J connectivity index is 1.93. The molecule has 1 atom stereocenters. The summed E-state index contributed by atoms with van der Waals surface area (Å²) in [7, 11) is 0.479. The number of carbonyl (C=O) groups excluding carboxylic acids is 2. The predicted molar refractivity (Wildman–Crippen MR) is 171 cm³/mol. The van der Waals surface area contributed by atoms with Crippen LogP contribution in [-0.4, -0.2) is 58.9 Å². The van der Waals surface area contributed by atoms with E-state index in [-0.39, 0.29) is 17.9 Å². The van der Waals surface area contributed by atoms with Gasteiger partial charge in [-0.05, 0) is 105 Å². The van der Waals surface area contributed by atoms with Crippen molar-refractivity contribution in [1.82, 2.24) is 9.80 Å². The van der Waals surface area contributed by atoms with Gasteiger partial charge in [-0.2, -0.15) is 0 Å². The van der Waals surface area contributed by atoms with Crippen LogP contribution in [0, 0.1) is 0 Å². The third-order valence-electron chi connectivity index (χ3n) is 6.83. The number of rotatable bonds is 7. The highest BCUT2D eigenvalue weighted by molar-refractivity contribution is 7.91. The van der Waals surface area contributed by atoms with Gasteiger partial charge in [-0.1, -0.05) is 45.9 Å². The van der Waals surface area contributed by atoms with Gasteiger partial charge in [0, 0.05) is 25.3 Å². The van der Waals surface area contributed by atoms with Crippen molar-refractivity contribution in [2.45, 2.75) is 83.8 Å². The van der Waals surface area contributed by atoms with Gasteiger partial charge in [0.2, 0.25) is 0 Å². The van der Waals surface area contributed by atoms with Crippen molar-refractivity contribution in [2.24, 2.45) is 9.50 Å². The van der Waals surface area contributed by atoms with Crippen LogP contribution in [0.3, 0.4) is 0 Å². The normalized spacial score (nSPS) is 15.5. The fourth-order valence-electron chi connectivity index (χ4n) is 4.82. The van der Waals surface area contributed by atoms with E-state index in [0.29, 0.717) is 23.7 Å². The molecule has 0 fully saturated rings. The molecule has 3 N–H and O–H groups in total. The SMILES string of the molecule is CC(C)c1cc(C2=CCCN(C(=O)OC(C)(C)C)C2)cc(C(C)C)c1NC(=O)N=S(N)(=O)c1ccc(CN(C)C)cc1. The van der Waals surface area contributed by atoms with Gasteiger partial charge in [-0.25, -0.2) is 18.9 Å². The van der Waals surface area contributed by atoms with Crippen LogP contribution >= 0.6 is 0 Å². The van der Waals surface area contributed by atoms with Crippen molar-refractivity contribution in [1.29, 1.82) is 0 Å². The first kappa shape index (κ1) is 33.3. The molecule has 0 saturated carbocycles. The van der Waals surface area contributed by atoms with Gasteiger partial charge in [0.05, 0.1) is 4.90 Å². The largest absolute Gasteiger partial charge is 0.444 e. The summed E-state index contributed by atoms with van der Waals surface area (Å²) in [6.07, 6.45) is 2.55. The standard InChI is InChI=1S/C32H47N5O4S/c1-21(2)27-17-25(24-11-10-16-37(20-24)31(39)41-32(5,6)7)18-28(22(3)4)29(27)34-30(38)35-42(33,40)26-14-12-23(13-15-26)19-36(8)9/h11-15,17-18,21-22H,10,16,19-20H2,1-9H3,(H3,33,34,35,38,40). The Bertz CT molecular complexity index is 1420. The molecule has 0 spiro atoms. The van der Waals surface area contributed by atoms with Crippen LogP contribution in [0.4, 0.5) is 15.3 Å². The molecule has 230 valence electrons. The second-order valence-corrected chi connectivity index (χ2v) is 14.5. The Morgan fingerprint density at radius 3 is 2.14 bits per heavy atom. The minimum absolute atomic E-state index is 0.0652. The average molecular weight is 598 g/mol. The molecule has 1 heterocycles. The summed E-state index contributed by atoms with van der Waals surface area (Å²) in [5, 5.41) is 8.99. The van der Waals surface area contributed by atoms with Crippen LogP contribution in [0.15, 0.2) is 51.7 Å². The molecule has 0 bridgehead atoms.